The summed E-state index contributed by atoms with van der Waals surface area (Å²) in [5, 5.41) is 10.5. The van der Waals surface area contributed by atoms with E-state index < -0.39 is 5.97 Å². The van der Waals surface area contributed by atoms with Gasteiger partial charge in [-0.05, 0) is 30.9 Å². The lowest BCUT2D eigenvalue weighted by atomic mass is 10.2. The third-order valence-corrected chi connectivity index (χ3v) is 3.06. The minimum atomic E-state index is -0.987. The summed E-state index contributed by atoms with van der Waals surface area (Å²) in [5.74, 6) is -1.19. The van der Waals surface area contributed by atoms with E-state index in [1.165, 1.54) is 16.2 Å². The maximum Gasteiger partial charge on any atom is 0.323 e. The highest BCUT2D eigenvalue weighted by Crippen LogP contribution is 2.17. The Morgan fingerprint density at radius 1 is 1.53 bits per heavy atom. The van der Waals surface area contributed by atoms with Crippen LogP contribution in [0.15, 0.2) is 11.4 Å². The van der Waals surface area contributed by atoms with Crippen LogP contribution in [-0.4, -0.2) is 35.0 Å². The molecule has 1 amide bonds. The molecule has 0 aliphatic heterocycles. The minimum absolute atomic E-state index is 0.201. The summed E-state index contributed by atoms with van der Waals surface area (Å²) < 4.78 is 0. The standard InChI is InChI=1S/C10H13NO3S/c1-3-11(6-8(12)13)10(14)9-7(2)4-5-15-9/h4-5H,3,6H2,1-2H3,(H,12,13). The number of nitrogens with zero attached hydrogens (tertiary/aromatic N) is 1. The highest BCUT2D eigenvalue weighted by molar-refractivity contribution is 7.12. The Balaban J connectivity index is 2.82. The largest absolute Gasteiger partial charge is 0.480 e. The van der Waals surface area contributed by atoms with Crippen molar-refractivity contribution in [1.82, 2.24) is 4.90 Å². The Kier molecular flexibility index (Phi) is 3.85. The molecule has 0 fully saturated rings. The van der Waals surface area contributed by atoms with Crippen LogP contribution in [0.3, 0.4) is 0 Å². The maximum atomic E-state index is 11.9. The number of carboxylic acid groups (broad SMARTS) is 1. The summed E-state index contributed by atoms with van der Waals surface area (Å²) in [6.07, 6.45) is 0. The number of thiophene rings is 1. The third-order valence-electron chi connectivity index (χ3n) is 2.05. The van der Waals surface area contributed by atoms with E-state index >= 15 is 0 Å². The lowest BCUT2D eigenvalue weighted by Crippen LogP contribution is -2.35. The van der Waals surface area contributed by atoms with Crippen LogP contribution in [0.2, 0.25) is 0 Å². The van der Waals surface area contributed by atoms with Gasteiger partial charge in [0.15, 0.2) is 0 Å². The van der Waals surface area contributed by atoms with Crippen LogP contribution in [0.4, 0.5) is 0 Å². The third kappa shape index (κ3) is 2.79. The number of hydrogen-bond acceptors (Lipinski definition) is 3. The van der Waals surface area contributed by atoms with E-state index in [-0.39, 0.29) is 12.5 Å². The number of aryl methyl sites for hydroxylation is 1. The van der Waals surface area contributed by atoms with Gasteiger partial charge in [0, 0.05) is 6.54 Å². The second-order valence-corrected chi connectivity index (χ2v) is 4.06. The summed E-state index contributed by atoms with van der Waals surface area (Å²) in [5.41, 5.74) is 0.897. The molecule has 1 N–H and O–H groups in total. The molecular weight excluding hydrogens is 214 g/mol. The fraction of sp³-hybridized carbons (Fsp3) is 0.400. The molecule has 15 heavy (non-hydrogen) atoms. The van der Waals surface area contributed by atoms with E-state index in [0.717, 1.165) is 5.56 Å². The van der Waals surface area contributed by atoms with E-state index in [2.05, 4.69) is 0 Å². The zero-order chi connectivity index (χ0) is 11.4. The summed E-state index contributed by atoms with van der Waals surface area (Å²) in [4.78, 5) is 24.3. The van der Waals surface area contributed by atoms with Crippen molar-refractivity contribution >= 4 is 23.2 Å². The van der Waals surface area contributed by atoms with E-state index in [1.807, 2.05) is 18.4 Å². The summed E-state index contributed by atoms with van der Waals surface area (Å²) in [7, 11) is 0. The van der Waals surface area contributed by atoms with Crippen LogP contribution in [-0.2, 0) is 4.79 Å². The van der Waals surface area contributed by atoms with Crippen molar-refractivity contribution in [3.63, 3.8) is 0 Å². The number of carbonyl (C=O) groups is 2. The number of carbonyl (C=O) groups excluding carboxylic acids is 1. The molecule has 0 radical (unpaired) electrons. The summed E-state index contributed by atoms with van der Waals surface area (Å²) in [6.45, 7) is 3.78. The molecule has 0 aliphatic carbocycles. The highest BCUT2D eigenvalue weighted by Gasteiger charge is 2.19. The first-order chi connectivity index (χ1) is 7.06. The zero-order valence-corrected chi connectivity index (χ0v) is 9.50. The molecule has 4 nitrogen and oxygen atoms in total. The number of hydrogen-bond donors (Lipinski definition) is 1. The van der Waals surface area contributed by atoms with Crippen LogP contribution < -0.4 is 0 Å². The lowest BCUT2D eigenvalue weighted by molar-refractivity contribution is -0.137. The molecule has 5 heteroatoms. The topological polar surface area (TPSA) is 57.6 Å². The lowest BCUT2D eigenvalue weighted by Gasteiger charge is -2.17. The van der Waals surface area contributed by atoms with Crippen LogP contribution in [0.1, 0.15) is 22.2 Å². The van der Waals surface area contributed by atoms with Gasteiger partial charge in [-0.1, -0.05) is 0 Å². The van der Waals surface area contributed by atoms with Gasteiger partial charge in [0.2, 0.25) is 0 Å². The van der Waals surface area contributed by atoms with E-state index in [1.54, 1.807) is 6.92 Å². The average Bonchev–Trinajstić information content (AvgIpc) is 2.59. The molecule has 82 valence electrons. The first-order valence-electron chi connectivity index (χ1n) is 4.61. The van der Waals surface area contributed by atoms with Gasteiger partial charge in [0.25, 0.3) is 5.91 Å². The highest BCUT2D eigenvalue weighted by atomic mass is 32.1. The van der Waals surface area contributed by atoms with Crippen molar-refractivity contribution in [3.8, 4) is 0 Å². The van der Waals surface area contributed by atoms with Crippen LogP contribution >= 0.6 is 11.3 Å². The number of likely N-dealkylation sites (N-methyl/N-ethyl adjacent to an activating group) is 1. The Labute approximate surface area is 92.1 Å². The van der Waals surface area contributed by atoms with Gasteiger partial charge in [0.1, 0.15) is 6.54 Å². The van der Waals surface area contributed by atoms with Crippen LogP contribution in [0.5, 0.6) is 0 Å². The molecule has 0 unspecified atom stereocenters. The molecule has 0 spiro atoms. The zero-order valence-electron chi connectivity index (χ0n) is 8.69. The molecule has 1 aromatic heterocycles. The van der Waals surface area contributed by atoms with E-state index in [9.17, 15) is 9.59 Å². The molecule has 1 heterocycles. The average molecular weight is 227 g/mol. The van der Waals surface area contributed by atoms with Gasteiger partial charge in [-0.2, -0.15) is 0 Å². The molecule has 0 saturated carbocycles. The predicted molar refractivity (Wildman–Crippen MR) is 58.3 cm³/mol. The second kappa shape index (κ2) is 4.93. The van der Waals surface area contributed by atoms with Crippen molar-refractivity contribution in [3.05, 3.63) is 21.9 Å². The smallest absolute Gasteiger partial charge is 0.323 e. The summed E-state index contributed by atoms with van der Waals surface area (Å²) >= 11 is 1.34. The van der Waals surface area contributed by atoms with Gasteiger partial charge in [-0.3, -0.25) is 9.59 Å². The molecule has 0 atom stereocenters. The van der Waals surface area contributed by atoms with Gasteiger partial charge in [0.05, 0.1) is 4.88 Å². The van der Waals surface area contributed by atoms with Crippen molar-refractivity contribution in [2.75, 3.05) is 13.1 Å². The second-order valence-electron chi connectivity index (χ2n) is 3.15. The number of rotatable bonds is 4. The normalized spacial score (nSPS) is 10.0. The molecule has 0 bridgehead atoms. The SMILES string of the molecule is CCN(CC(=O)O)C(=O)c1sccc1C. The molecule has 0 saturated heterocycles. The maximum absolute atomic E-state index is 11.9. The summed E-state index contributed by atoms with van der Waals surface area (Å²) in [6, 6.07) is 1.85. The van der Waals surface area contributed by atoms with Gasteiger partial charge >= 0.3 is 5.97 Å². The molecule has 0 aromatic carbocycles. The van der Waals surface area contributed by atoms with Gasteiger partial charge in [-0.25, -0.2) is 0 Å². The number of aliphatic carboxylic acids is 1. The Morgan fingerprint density at radius 2 is 2.20 bits per heavy atom. The fourth-order valence-electron chi connectivity index (χ4n) is 1.23. The van der Waals surface area contributed by atoms with E-state index in [0.29, 0.717) is 11.4 Å². The Morgan fingerprint density at radius 3 is 2.60 bits per heavy atom. The number of amides is 1. The Bertz CT molecular complexity index is 372. The minimum Gasteiger partial charge on any atom is -0.480 e. The monoisotopic (exact) mass is 227 g/mol. The first-order valence-corrected chi connectivity index (χ1v) is 5.49. The first kappa shape index (κ1) is 11.7. The number of carboxylic acids is 1. The molecular formula is C10H13NO3S. The van der Waals surface area contributed by atoms with E-state index in [4.69, 9.17) is 5.11 Å². The van der Waals surface area contributed by atoms with Crippen molar-refractivity contribution in [2.45, 2.75) is 13.8 Å². The predicted octanol–water partition coefficient (Wildman–Crippen LogP) is 1.60. The van der Waals surface area contributed by atoms with Crippen molar-refractivity contribution in [2.24, 2.45) is 0 Å². The van der Waals surface area contributed by atoms with Crippen LogP contribution in [0, 0.1) is 6.92 Å². The molecule has 1 rings (SSSR count). The Hall–Kier alpha value is -1.36. The molecule has 0 aliphatic rings. The van der Waals surface area contributed by atoms with Crippen molar-refractivity contribution < 1.29 is 14.7 Å². The fourth-order valence-corrected chi connectivity index (χ4v) is 2.12. The van der Waals surface area contributed by atoms with Crippen LogP contribution in [0.25, 0.3) is 0 Å². The molecule has 1 aromatic rings. The van der Waals surface area contributed by atoms with Gasteiger partial charge in [-0.15, -0.1) is 11.3 Å². The quantitative estimate of drug-likeness (QED) is 0.850. The van der Waals surface area contributed by atoms with Gasteiger partial charge < -0.3 is 10.0 Å². The van der Waals surface area contributed by atoms with Crippen molar-refractivity contribution in [1.29, 1.82) is 0 Å².